The molecular weight excluding hydrogens is 524 g/mol. The van der Waals surface area contributed by atoms with Crippen LogP contribution in [0.2, 0.25) is 0 Å². The molecule has 2 aromatic rings. The highest BCUT2D eigenvalue weighted by atomic mass is 16.5. The average Bonchev–Trinajstić information content (AvgIpc) is 2.84. The van der Waals surface area contributed by atoms with Crippen molar-refractivity contribution in [2.75, 3.05) is 36.1 Å². The van der Waals surface area contributed by atoms with E-state index in [-0.39, 0.29) is 36.1 Å². The molecule has 4 N–H and O–H groups in total. The quantitative estimate of drug-likeness (QED) is 0.234. The Morgan fingerprint density at radius 2 is 0.975 bits per heavy atom. The van der Waals surface area contributed by atoms with Crippen molar-refractivity contribution in [1.29, 1.82) is 0 Å². The molecular formula is C28H36N2O10. The second kappa shape index (κ2) is 12.6. The molecule has 0 saturated heterocycles. The monoisotopic (exact) mass is 560 g/mol. The minimum Gasteiger partial charge on any atom is -0.488 e. The first-order chi connectivity index (χ1) is 18.5. The molecule has 0 saturated carbocycles. The highest BCUT2D eigenvalue weighted by Gasteiger charge is 2.38. The van der Waals surface area contributed by atoms with E-state index >= 15 is 0 Å². The van der Waals surface area contributed by atoms with Crippen LogP contribution in [-0.4, -0.2) is 81.7 Å². The van der Waals surface area contributed by atoms with Gasteiger partial charge in [0.1, 0.15) is 48.9 Å². The van der Waals surface area contributed by atoms with Gasteiger partial charge in [-0.1, -0.05) is 12.1 Å². The van der Waals surface area contributed by atoms with Gasteiger partial charge in [0.05, 0.1) is 11.4 Å². The van der Waals surface area contributed by atoms with Crippen molar-refractivity contribution in [1.82, 2.24) is 0 Å². The third-order valence-corrected chi connectivity index (χ3v) is 6.39. The summed E-state index contributed by atoms with van der Waals surface area (Å²) >= 11 is 0. The highest BCUT2D eigenvalue weighted by Crippen LogP contribution is 2.36. The molecule has 0 radical (unpaired) electrons. The summed E-state index contributed by atoms with van der Waals surface area (Å²) in [4.78, 5) is 49.5. The molecule has 0 bridgehead atoms. The fourth-order valence-electron chi connectivity index (χ4n) is 3.89. The zero-order valence-corrected chi connectivity index (χ0v) is 23.4. The molecule has 0 heterocycles. The Labute approximate surface area is 232 Å². The Balaban J connectivity index is 2.35. The van der Waals surface area contributed by atoms with E-state index in [2.05, 4.69) is 0 Å². The fourth-order valence-corrected chi connectivity index (χ4v) is 3.89. The van der Waals surface area contributed by atoms with Gasteiger partial charge < -0.3 is 39.7 Å². The molecule has 0 aliphatic heterocycles. The second-order valence-corrected chi connectivity index (χ2v) is 10.3. The van der Waals surface area contributed by atoms with Crippen molar-refractivity contribution in [3.05, 3.63) is 47.5 Å². The molecule has 2 rings (SSSR count). The summed E-state index contributed by atoms with van der Waals surface area (Å²) in [5.41, 5.74) is -1.000. The SMILES string of the molecule is Cc1ccc(N(CC(=O)O)C(C)(C)C(=O)O)c(OCCOc2cc(C)ccc2N(CC(=O)O)C(C)(C)C(=O)O)c1. The molecule has 0 spiro atoms. The number of carboxylic acid groups (broad SMARTS) is 4. The maximum atomic E-state index is 11.9. The van der Waals surface area contributed by atoms with Crippen molar-refractivity contribution >= 4 is 35.3 Å². The Hall–Kier alpha value is -4.48. The fraction of sp³-hybridized carbons (Fsp3) is 0.429. The summed E-state index contributed by atoms with van der Waals surface area (Å²) in [5, 5.41) is 38.4. The summed E-state index contributed by atoms with van der Waals surface area (Å²) in [5.74, 6) is -4.36. The predicted molar refractivity (Wildman–Crippen MR) is 147 cm³/mol. The number of ether oxygens (including phenoxy) is 2. The van der Waals surface area contributed by atoms with Crippen LogP contribution in [0.15, 0.2) is 36.4 Å². The number of benzene rings is 2. The molecule has 0 aromatic heterocycles. The smallest absolute Gasteiger partial charge is 0.328 e. The van der Waals surface area contributed by atoms with Crippen LogP contribution in [0.25, 0.3) is 0 Å². The van der Waals surface area contributed by atoms with Crippen LogP contribution in [-0.2, 0) is 19.2 Å². The van der Waals surface area contributed by atoms with Crippen molar-refractivity contribution < 1.29 is 49.1 Å². The minimum atomic E-state index is -1.57. The molecule has 2 aromatic carbocycles. The lowest BCUT2D eigenvalue weighted by Crippen LogP contribution is -2.52. The van der Waals surface area contributed by atoms with Gasteiger partial charge in [-0.3, -0.25) is 9.59 Å². The molecule has 40 heavy (non-hydrogen) atoms. The first-order valence-electron chi connectivity index (χ1n) is 12.4. The van der Waals surface area contributed by atoms with E-state index < -0.39 is 48.0 Å². The molecule has 12 heteroatoms. The largest absolute Gasteiger partial charge is 0.488 e. The lowest BCUT2D eigenvalue weighted by atomic mass is 10.0. The van der Waals surface area contributed by atoms with E-state index in [9.17, 15) is 39.6 Å². The number of carboxylic acids is 4. The van der Waals surface area contributed by atoms with Gasteiger partial charge in [0.15, 0.2) is 0 Å². The van der Waals surface area contributed by atoms with Gasteiger partial charge in [-0.2, -0.15) is 0 Å². The van der Waals surface area contributed by atoms with Gasteiger partial charge in [0.2, 0.25) is 0 Å². The number of nitrogens with zero attached hydrogens (tertiary/aromatic N) is 2. The van der Waals surface area contributed by atoms with Crippen LogP contribution in [0, 0.1) is 13.8 Å². The van der Waals surface area contributed by atoms with Crippen LogP contribution < -0.4 is 19.3 Å². The molecule has 0 aliphatic rings. The van der Waals surface area contributed by atoms with Crippen molar-refractivity contribution in [3.8, 4) is 11.5 Å². The van der Waals surface area contributed by atoms with Crippen LogP contribution in [0.4, 0.5) is 11.4 Å². The number of rotatable bonds is 15. The van der Waals surface area contributed by atoms with E-state index in [0.717, 1.165) is 11.1 Å². The molecule has 0 fully saturated rings. The summed E-state index contributed by atoms with van der Waals surface area (Å²) in [6, 6.07) is 9.93. The zero-order valence-electron chi connectivity index (χ0n) is 23.4. The molecule has 0 atom stereocenters. The van der Waals surface area contributed by atoms with E-state index in [0.29, 0.717) is 0 Å². The van der Waals surface area contributed by atoms with E-state index in [1.807, 2.05) is 0 Å². The van der Waals surface area contributed by atoms with E-state index in [4.69, 9.17) is 9.47 Å². The lowest BCUT2D eigenvalue weighted by molar-refractivity contribution is -0.144. The predicted octanol–water partition coefficient (Wildman–Crippen LogP) is 3.27. The Bertz CT molecular complexity index is 1170. The Morgan fingerprint density at radius 3 is 1.25 bits per heavy atom. The maximum absolute atomic E-state index is 11.9. The molecule has 12 nitrogen and oxygen atoms in total. The number of aliphatic carboxylic acids is 4. The van der Waals surface area contributed by atoms with Gasteiger partial charge in [-0.15, -0.1) is 0 Å². The number of anilines is 2. The van der Waals surface area contributed by atoms with Crippen molar-refractivity contribution in [2.45, 2.75) is 52.6 Å². The van der Waals surface area contributed by atoms with Crippen LogP contribution in [0.1, 0.15) is 38.8 Å². The number of aryl methyl sites for hydroxylation is 2. The third kappa shape index (κ3) is 7.55. The van der Waals surface area contributed by atoms with Crippen molar-refractivity contribution in [3.63, 3.8) is 0 Å². The van der Waals surface area contributed by atoms with Gasteiger partial charge in [0, 0.05) is 0 Å². The van der Waals surface area contributed by atoms with Gasteiger partial charge in [-0.25, -0.2) is 9.59 Å². The number of hydrogen-bond donors (Lipinski definition) is 4. The average molecular weight is 561 g/mol. The third-order valence-electron chi connectivity index (χ3n) is 6.39. The van der Waals surface area contributed by atoms with Gasteiger partial charge >= 0.3 is 23.9 Å². The first-order valence-corrected chi connectivity index (χ1v) is 12.4. The van der Waals surface area contributed by atoms with Crippen molar-refractivity contribution in [2.24, 2.45) is 0 Å². The summed E-state index contributed by atoms with van der Waals surface area (Å²) in [6.07, 6.45) is 0. The molecule has 218 valence electrons. The van der Waals surface area contributed by atoms with E-state index in [1.165, 1.54) is 37.5 Å². The topological polar surface area (TPSA) is 174 Å². The lowest BCUT2D eigenvalue weighted by Gasteiger charge is -2.37. The maximum Gasteiger partial charge on any atom is 0.328 e. The van der Waals surface area contributed by atoms with Gasteiger partial charge in [-0.05, 0) is 76.9 Å². The second-order valence-electron chi connectivity index (χ2n) is 10.3. The van der Waals surface area contributed by atoms with Crippen LogP contribution in [0.5, 0.6) is 11.5 Å². The molecule has 0 aliphatic carbocycles. The number of hydrogen-bond acceptors (Lipinski definition) is 8. The summed E-state index contributed by atoms with van der Waals surface area (Å²) in [7, 11) is 0. The van der Waals surface area contributed by atoms with E-state index in [1.54, 1.807) is 50.2 Å². The molecule has 0 amide bonds. The molecule has 0 unspecified atom stereocenters. The minimum absolute atomic E-state index is 0.0422. The summed E-state index contributed by atoms with van der Waals surface area (Å²) < 4.78 is 11.8. The first kappa shape index (κ1) is 31.7. The number of carbonyl (C=O) groups is 4. The highest BCUT2D eigenvalue weighted by molar-refractivity contribution is 5.88. The van der Waals surface area contributed by atoms with Crippen LogP contribution >= 0.6 is 0 Å². The van der Waals surface area contributed by atoms with Crippen LogP contribution in [0.3, 0.4) is 0 Å². The Kier molecular flexibility index (Phi) is 9.98. The Morgan fingerprint density at radius 1 is 0.650 bits per heavy atom. The van der Waals surface area contributed by atoms with Gasteiger partial charge in [0.25, 0.3) is 0 Å². The normalized spacial score (nSPS) is 11.4. The standard InChI is InChI=1S/C28H36N2O10/c1-17-7-9-19(29(15-23(31)32)27(3,4)25(35)36)21(13-17)39-11-12-40-22-14-18(2)8-10-20(22)30(16-24(33)34)28(5,6)26(37)38/h7-10,13-14H,11-12,15-16H2,1-6H3,(H,31,32)(H,33,34)(H,35,36)(H,37,38). The zero-order chi connectivity index (χ0) is 30.4. The summed E-state index contributed by atoms with van der Waals surface area (Å²) in [6.45, 7) is 7.93.